The van der Waals surface area contributed by atoms with Crippen molar-refractivity contribution in [2.24, 2.45) is 5.92 Å². The smallest absolute Gasteiger partial charge is 0.328 e. The van der Waals surface area contributed by atoms with E-state index < -0.39 is 11.2 Å². The van der Waals surface area contributed by atoms with Crippen LogP contribution in [0.2, 0.25) is 0 Å². The number of carbonyl (C=O) groups is 1. The molecule has 0 radical (unpaired) electrons. The van der Waals surface area contributed by atoms with Gasteiger partial charge in [-0.05, 0) is 6.07 Å². The predicted molar refractivity (Wildman–Crippen MR) is 90.2 cm³/mol. The Morgan fingerprint density at radius 3 is 2.76 bits per heavy atom. The van der Waals surface area contributed by atoms with Crippen LogP contribution < -0.4 is 26.0 Å². The Balaban J connectivity index is 1.95. The fraction of sp³-hybridized carbons (Fsp3) is 0.353. The van der Waals surface area contributed by atoms with Crippen LogP contribution in [0, 0.1) is 5.92 Å². The molecular weight excluding hydrogens is 326 g/mol. The summed E-state index contributed by atoms with van der Waals surface area (Å²) in [5.41, 5.74) is 0.819. The number of hydrogen-bond acceptors (Lipinski definition) is 5. The number of carbonyl (C=O) groups excluding carboxylic acids is 1. The maximum atomic E-state index is 12.0. The molecular formula is C17H19N3O5. The van der Waals surface area contributed by atoms with E-state index in [0.717, 1.165) is 11.1 Å². The van der Waals surface area contributed by atoms with E-state index in [-0.39, 0.29) is 17.7 Å². The lowest BCUT2D eigenvalue weighted by atomic mass is 10.00. The lowest BCUT2D eigenvalue weighted by Crippen LogP contribution is -2.28. The second-order valence-corrected chi connectivity index (χ2v) is 6.14. The number of nitrogens with one attached hydrogen (secondary N) is 3. The number of ether oxygens (including phenoxy) is 2. The molecule has 8 nitrogen and oxygen atoms in total. The number of rotatable bonds is 4. The van der Waals surface area contributed by atoms with Gasteiger partial charge in [-0.15, -0.1) is 0 Å². The third-order valence-corrected chi connectivity index (χ3v) is 4.02. The van der Waals surface area contributed by atoms with Gasteiger partial charge in [-0.1, -0.05) is 13.8 Å². The van der Waals surface area contributed by atoms with Crippen molar-refractivity contribution in [3.8, 4) is 17.4 Å². The summed E-state index contributed by atoms with van der Waals surface area (Å²) in [6.45, 7) is 3.94. The molecule has 1 aliphatic rings. The summed E-state index contributed by atoms with van der Waals surface area (Å²) < 4.78 is 11.0. The van der Waals surface area contributed by atoms with Crippen molar-refractivity contribution in [3.63, 3.8) is 0 Å². The fourth-order valence-electron chi connectivity index (χ4n) is 2.64. The topological polar surface area (TPSA) is 113 Å². The number of aromatic amines is 2. The quantitative estimate of drug-likeness (QED) is 0.654. The van der Waals surface area contributed by atoms with Crippen LogP contribution in [-0.4, -0.2) is 23.0 Å². The Labute approximate surface area is 143 Å². The number of benzene rings is 1. The predicted octanol–water partition coefficient (Wildman–Crippen LogP) is 1.04. The molecule has 0 bridgehead atoms. The summed E-state index contributed by atoms with van der Waals surface area (Å²) in [5.74, 6) is 1.02. The van der Waals surface area contributed by atoms with Gasteiger partial charge in [0.1, 0.15) is 11.5 Å². The van der Waals surface area contributed by atoms with Gasteiger partial charge in [0.15, 0.2) is 0 Å². The SMILES string of the molecule is COc1cc2c(cc1CNC(=O)C(C)C)Cc1c([nH]c(=O)[nH]c1=O)O2. The zero-order chi connectivity index (χ0) is 18.1. The average molecular weight is 345 g/mol. The summed E-state index contributed by atoms with van der Waals surface area (Å²) in [4.78, 5) is 39.8. The summed E-state index contributed by atoms with van der Waals surface area (Å²) >= 11 is 0. The van der Waals surface area contributed by atoms with E-state index in [2.05, 4.69) is 15.3 Å². The van der Waals surface area contributed by atoms with Gasteiger partial charge in [-0.3, -0.25) is 19.6 Å². The maximum absolute atomic E-state index is 12.0. The normalized spacial score (nSPS) is 12.2. The highest BCUT2D eigenvalue weighted by molar-refractivity contribution is 5.77. The van der Waals surface area contributed by atoms with Crippen molar-refractivity contribution in [1.29, 1.82) is 0 Å². The zero-order valence-corrected chi connectivity index (χ0v) is 14.2. The first-order valence-corrected chi connectivity index (χ1v) is 7.90. The Hall–Kier alpha value is -3.03. The maximum Gasteiger partial charge on any atom is 0.328 e. The van der Waals surface area contributed by atoms with Crippen LogP contribution >= 0.6 is 0 Å². The summed E-state index contributed by atoms with van der Waals surface area (Å²) in [6, 6.07) is 3.52. The molecule has 0 spiro atoms. The lowest BCUT2D eigenvalue weighted by molar-refractivity contribution is -0.124. The number of amides is 1. The van der Waals surface area contributed by atoms with Gasteiger partial charge in [0.2, 0.25) is 11.8 Å². The molecule has 1 amide bonds. The number of H-pyrrole nitrogens is 2. The van der Waals surface area contributed by atoms with Crippen LogP contribution in [0.4, 0.5) is 0 Å². The third-order valence-electron chi connectivity index (χ3n) is 4.02. The standard InChI is InChI=1S/C17H19N3O5/c1-8(2)14(21)18-7-10-4-9-5-11-15(22)19-17(23)20-16(11)25-13(9)6-12(10)24-3/h4,6,8H,5,7H2,1-3H3,(H,18,21)(H2,19,20,22,23). The molecule has 2 aromatic rings. The Kier molecular flexibility index (Phi) is 4.35. The molecule has 0 unspecified atom stereocenters. The van der Waals surface area contributed by atoms with E-state index in [1.807, 2.05) is 19.9 Å². The van der Waals surface area contributed by atoms with Gasteiger partial charge in [0.05, 0.1) is 12.7 Å². The van der Waals surface area contributed by atoms with Crippen molar-refractivity contribution < 1.29 is 14.3 Å². The molecule has 1 aromatic carbocycles. The number of hydrogen-bond donors (Lipinski definition) is 3. The molecule has 1 aromatic heterocycles. The van der Waals surface area contributed by atoms with Crippen molar-refractivity contribution >= 4 is 5.91 Å². The number of fused-ring (bicyclic) bond motifs is 2. The second kappa shape index (κ2) is 6.46. The van der Waals surface area contributed by atoms with Crippen molar-refractivity contribution in [2.75, 3.05) is 7.11 Å². The molecule has 0 atom stereocenters. The van der Waals surface area contributed by atoms with Crippen molar-refractivity contribution in [3.05, 3.63) is 49.7 Å². The molecule has 1 aliphatic heterocycles. The molecule has 132 valence electrons. The number of aromatic nitrogens is 2. The minimum Gasteiger partial charge on any atom is -0.496 e. The largest absolute Gasteiger partial charge is 0.496 e. The van der Waals surface area contributed by atoms with Gasteiger partial charge < -0.3 is 14.8 Å². The average Bonchev–Trinajstić information content (AvgIpc) is 2.57. The van der Waals surface area contributed by atoms with E-state index in [1.165, 1.54) is 7.11 Å². The Morgan fingerprint density at radius 1 is 1.32 bits per heavy atom. The van der Waals surface area contributed by atoms with Crippen LogP contribution in [0.5, 0.6) is 17.4 Å². The van der Waals surface area contributed by atoms with Crippen LogP contribution in [0.25, 0.3) is 0 Å². The zero-order valence-electron chi connectivity index (χ0n) is 14.2. The molecule has 0 fully saturated rings. The summed E-state index contributed by atoms with van der Waals surface area (Å²) in [5, 5.41) is 2.84. The van der Waals surface area contributed by atoms with Crippen LogP contribution in [0.1, 0.15) is 30.5 Å². The molecule has 0 aliphatic carbocycles. The van der Waals surface area contributed by atoms with Crippen LogP contribution in [-0.2, 0) is 17.8 Å². The molecule has 3 N–H and O–H groups in total. The van der Waals surface area contributed by atoms with Crippen molar-refractivity contribution in [2.45, 2.75) is 26.8 Å². The van der Waals surface area contributed by atoms with E-state index in [0.29, 0.717) is 30.0 Å². The second-order valence-electron chi connectivity index (χ2n) is 6.14. The third kappa shape index (κ3) is 3.28. The van der Waals surface area contributed by atoms with Gasteiger partial charge in [-0.2, -0.15) is 0 Å². The minimum atomic E-state index is -0.618. The fourth-order valence-corrected chi connectivity index (χ4v) is 2.64. The van der Waals surface area contributed by atoms with Gasteiger partial charge >= 0.3 is 5.69 Å². The lowest BCUT2D eigenvalue weighted by Gasteiger charge is -2.21. The van der Waals surface area contributed by atoms with E-state index in [4.69, 9.17) is 9.47 Å². The minimum absolute atomic E-state index is 0.0598. The van der Waals surface area contributed by atoms with Crippen LogP contribution in [0.15, 0.2) is 21.7 Å². The highest BCUT2D eigenvalue weighted by Gasteiger charge is 2.23. The first kappa shape index (κ1) is 16.8. The highest BCUT2D eigenvalue weighted by Crippen LogP contribution is 2.37. The van der Waals surface area contributed by atoms with E-state index in [9.17, 15) is 14.4 Å². The molecule has 2 heterocycles. The first-order valence-electron chi connectivity index (χ1n) is 7.90. The van der Waals surface area contributed by atoms with Gasteiger partial charge in [-0.25, -0.2) is 4.79 Å². The molecule has 25 heavy (non-hydrogen) atoms. The monoisotopic (exact) mass is 345 g/mol. The Morgan fingerprint density at radius 2 is 2.08 bits per heavy atom. The number of methoxy groups -OCH3 is 1. The van der Waals surface area contributed by atoms with Gasteiger partial charge in [0, 0.05) is 36.1 Å². The molecule has 8 heteroatoms. The van der Waals surface area contributed by atoms with Gasteiger partial charge in [0.25, 0.3) is 5.56 Å². The Bertz CT molecular complexity index is 942. The van der Waals surface area contributed by atoms with E-state index in [1.54, 1.807) is 6.07 Å². The molecule has 0 saturated heterocycles. The molecule has 3 rings (SSSR count). The highest BCUT2D eigenvalue weighted by atomic mass is 16.5. The summed E-state index contributed by atoms with van der Waals surface area (Å²) in [6.07, 6.45) is 0.311. The first-order chi connectivity index (χ1) is 11.9. The van der Waals surface area contributed by atoms with E-state index >= 15 is 0 Å². The van der Waals surface area contributed by atoms with Crippen LogP contribution in [0.3, 0.4) is 0 Å². The molecule has 0 saturated carbocycles. The van der Waals surface area contributed by atoms with Crippen molar-refractivity contribution in [1.82, 2.24) is 15.3 Å². The summed E-state index contributed by atoms with van der Waals surface area (Å²) in [7, 11) is 1.53.